The number of likely N-dealkylation sites (tertiary alicyclic amines) is 1. The predicted octanol–water partition coefficient (Wildman–Crippen LogP) is 2.67. The van der Waals surface area contributed by atoms with Gasteiger partial charge in [-0.25, -0.2) is 4.79 Å². The highest BCUT2D eigenvalue weighted by molar-refractivity contribution is 5.88. The Morgan fingerprint density at radius 3 is 2.67 bits per heavy atom. The van der Waals surface area contributed by atoms with Crippen molar-refractivity contribution in [3.8, 4) is 11.3 Å². The Hall–Kier alpha value is -2.83. The SMILES string of the molecule is CC(C)(C)C(=O)N1CC[C@H](Cc2nccnc2-c2cncc(C(=O)O)c2)C1. The van der Waals surface area contributed by atoms with Gasteiger partial charge in [0.25, 0.3) is 0 Å². The lowest BCUT2D eigenvalue weighted by Crippen LogP contribution is -2.38. The number of hydrogen-bond donors (Lipinski definition) is 1. The van der Waals surface area contributed by atoms with Crippen LogP contribution in [0, 0.1) is 11.3 Å². The molecule has 0 radical (unpaired) electrons. The van der Waals surface area contributed by atoms with Gasteiger partial charge in [-0.1, -0.05) is 20.8 Å². The van der Waals surface area contributed by atoms with E-state index in [9.17, 15) is 14.7 Å². The molecule has 3 rings (SSSR count). The number of carboxylic acid groups (broad SMARTS) is 1. The van der Waals surface area contributed by atoms with Gasteiger partial charge in [0.2, 0.25) is 5.91 Å². The minimum atomic E-state index is -1.03. The highest BCUT2D eigenvalue weighted by atomic mass is 16.4. The van der Waals surface area contributed by atoms with E-state index >= 15 is 0 Å². The molecule has 0 saturated carbocycles. The summed E-state index contributed by atoms with van der Waals surface area (Å²) in [5, 5.41) is 9.19. The Balaban J connectivity index is 1.79. The fourth-order valence-electron chi connectivity index (χ4n) is 3.38. The number of nitrogens with zero attached hydrogens (tertiary/aromatic N) is 4. The number of hydrogen-bond acceptors (Lipinski definition) is 5. The largest absolute Gasteiger partial charge is 0.478 e. The van der Waals surface area contributed by atoms with Gasteiger partial charge < -0.3 is 10.0 Å². The molecule has 1 saturated heterocycles. The molecule has 2 aromatic heterocycles. The zero-order valence-electron chi connectivity index (χ0n) is 15.8. The van der Waals surface area contributed by atoms with Crippen LogP contribution in [0.5, 0.6) is 0 Å². The second-order valence-electron chi connectivity index (χ2n) is 7.98. The van der Waals surface area contributed by atoms with E-state index in [0.29, 0.717) is 30.1 Å². The molecule has 1 N–H and O–H groups in total. The molecular weight excluding hydrogens is 344 g/mol. The van der Waals surface area contributed by atoms with Crippen molar-refractivity contribution in [2.75, 3.05) is 13.1 Å². The molecule has 0 spiro atoms. The predicted molar refractivity (Wildman–Crippen MR) is 100 cm³/mol. The quantitative estimate of drug-likeness (QED) is 0.891. The van der Waals surface area contributed by atoms with E-state index in [0.717, 1.165) is 18.7 Å². The van der Waals surface area contributed by atoms with E-state index in [2.05, 4.69) is 15.0 Å². The smallest absolute Gasteiger partial charge is 0.337 e. The van der Waals surface area contributed by atoms with Crippen LogP contribution < -0.4 is 0 Å². The topological polar surface area (TPSA) is 96.3 Å². The van der Waals surface area contributed by atoms with Crippen LogP contribution in [0.25, 0.3) is 11.3 Å². The van der Waals surface area contributed by atoms with Gasteiger partial charge in [0.1, 0.15) is 0 Å². The van der Waals surface area contributed by atoms with Gasteiger partial charge in [-0.05, 0) is 24.8 Å². The zero-order chi connectivity index (χ0) is 19.6. The molecule has 1 amide bonds. The summed E-state index contributed by atoms with van der Waals surface area (Å²) in [7, 11) is 0. The van der Waals surface area contributed by atoms with Gasteiger partial charge in [0.05, 0.1) is 17.0 Å². The van der Waals surface area contributed by atoms with Crippen LogP contribution in [0.3, 0.4) is 0 Å². The standard InChI is InChI=1S/C20H24N4O3/c1-20(2,3)19(27)24-7-4-13(12-24)8-16-17(23-6-5-22-16)14-9-15(18(25)26)11-21-10-14/h5-6,9-11,13H,4,7-8,12H2,1-3H3,(H,25,26)/t13-/m1/s1. The van der Waals surface area contributed by atoms with E-state index in [1.54, 1.807) is 24.7 Å². The number of aromatic carboxylic acids is 1. The fraction of sp³-hybridized carbons (Fsp3) is 0.450. The molecule has 142 valence electrons. The highest BCUT2D eigenvalue weighted by Gasteiger charge is 2.33. The average molecular weight is 368 g/mol. The molecule has 0 aromatic carbocycles. The van der Waals surface area contributed by atoms with E-state index < -0.39 is 5.97 Å². The van der Waals surface area contributed by atoms with Crippen LogP contribution in [0.1, 0.15) is 43.2 Å². The average Bonchev–Trinajstić information content (AvgIpc) is 3.09. The lowest BCUT2D eigenvalue weighted by Gasteiger charge is -2.25. The van der Waals surface area contributed by atoms with Crippen LogP contribution in [-0.2, 0) is 11.2 Å². The molecule has 2 aromatic rings. The Labute approximate surface area is 158 Å². The van der Waals surface area contributed by atoms with Crippen molar-refractivity contribution in [1.29, 1.82) is 0 Å². The molecule has 1 fully saturated rings. The van der Waals surface area contributed by atoms with Gasteiger partial charge >= 0.3 is 5.97 Å². The van der Waals surface area contributed by atoms with Gasteiger partial charge in [-0.3, -0.25) is 19.7 Å². The zero-order valence-corrected chi connectivity index (χ0v) is 15.8. The van der Waals surface area contributed by atoms with E-state index in [4.69, 9.17) is 0 Å². The molecule has 0 bridgehead atoms. The number of carbonyl (C=O) groups excluding carboxylic acids is 1. The van der Waals surface area contributed by atoms with E-state index in [1.165, 1.54) is 6.20 Å². The lowest BCUT2D eigenvalue weighted by atomic mass is 9.95. The Kier molecular flexibility index (Phi) is 5.21. The number of amides is 1. The Morgan fingerprint density at radius 1 is 1.22 bits per heavy atom. The van der Waals surface area contributed by atoms with E-state index in [-0.39, 0.29) is 16.9 Å². The first-order chi connectivity index (χ1) is 12.8. The molecular formula is C20H24N4O3. The summed E-state index contributed by atoms with van der Waals surface area (Å²) in [6.45, 7) is 7.27. The third-order valence-corrected chi connectivity index (χ3v) is 4.73. The minimum Gasteiger partial charge on any atom is -0.478 e. The summed E-state index contributed by atoms with van der Waals surface area (Å²) in [6, 6.07) is 1.56. The van der Waals surface area contributed by atoms with Crippen LogP contribution in [0.4, 0.5) is 0 Å². The summed E-state index contributed by atoms with van der Waals surface area (Å²) < 4.78 is 0. The third-order valence-electron chi connectivity index (χ3n) is 4.73. The number of aromatic nitrogens is 3. The van der Waals surface area contributed by atoms with Crippen molar-refractivity contribution in [2.24, 2.45) is 11.3 Å². The highest BCUT2D eigenvalue weighted by Crippen LogP contribution is 2.28. The molecule has 0 unspecified atom stereocenters. The first kappa shape index (κ1) is 18.9. The first-order valence-electron chi connectivity index (χ1n) is 9.03. The maximum atomic E-state index is 12.5. The van der Waals surface area contributed by atoms with Crippen molar-refractivity contribution in [3.63, 3.8) is 0 Å². The van der Waals surface area contributed by atoms with Gasteiger partial charge in [0, 0.05) is 48.9 Å². The normalized spacial score (nSPS) is 17.1. The Bertz CT molecular complexity index is 860. The third kappa shape index (κ3) is 4.30. The maximum Gasteiger partial charge on any atom is 0.337 e. The molecule has 1 aliphatic rings. The molecule has 1 aliphatic heterocycles. The summed E-state index contributed by atoms with van der Waals surface area (Å²) in [5.74, 6) is -0.549. The van der Waals surface area contributed by atoms with Crippen molar-refractivity contribution in [1.82, 2.24) is 19.9 Å². The molecule has 7 nitrogen and oxygen atoms in total. The summed E-state index contributed by atoms with van der Waals surface area (Å²) in [4.78, 5) is 38.5. The van der Waals surface area contributed by atoms with Gasteiger partial charge in [-0.2, -0.15) is 0 Å². The molecule has 27 heavy (non-hydrogen) atoms. The minimum absolute atomic E-state index is 0.118. The molecule has 0 aliphatic carbocycles. The van der Waals surface area contributed by atoms with Crippen LogP contribution in [0.2, 0.25) is 0 Å². The fourth-order valence-corrected chi connectivity index (χ4v) is 3.38. The number of pyridine rings is 1. The van der Waals surface area contributed by atoms with E-state index in [1.807, 2.05) is 25.7 Å². The second-order valence-corrected chi connectivity index (χ2v) is 7.98. The number of carboxylic acids is 1. The van der Waals surface area contributed by atoms with Crippen LogP contribution in [-0.4, -0.2) is 49.9 Å². The van der Waals surface area contributed by atoms with Crippen LogP contribution >= 0.6 is 0 Å². The van der Waals surface area contributed by atoms with Crippen molar-refractivity contribution in [3.05, 3.63) is 42.1 Å². The van der Waals surface area contributed by atoms with Crippen molar-refractivity contribution in [2.45, 2.75) is 33.6 Å². The molecule has 1 atom stereocenters. The number of carbonyl (C=O) groups is 2. The summed E-state index contributed by atoms with van der Waals surface area (Å²) in [6.07, 6.45) is 7.76. The lowest BCUT2D eigenvalue weighted by molar-refractivity contribution is -0.138. The molecule has 3 heterocycles. The van der Waals surface area contributed by atoms with Crippen molar-refractivity contribution < 1.29 is 14.7 Å². The van der Waals surface area contributed by atoms with Gasteiger partial charge in [0.15, 0.2) is 0 Å². The summed E-state index contributed by atoms with van der Waals surface area (Å²) in [5.41, 5.74) is 1.83. The maximum absolute atomic E-state index is 12.5. The Morgan fingerprint density at radius 2 is 1.96 bits per heavy atom. The first-order valence-corrected chi connectivity index (χ1v) is 9.03. The number of rotatable bonds is 4. The molecule has 7 heteroatoms. The second kappa shape index (κ2) is 7.42. The summed E-state index contributed by atoms with van der Waals surface area (Å²) >= 11 is 0. The monoisotopic (exact) mass is 368 g/mol. The van der Waals surface area contributed by atoms with Crippen molar-refractivity contribution >= 4 is 11.9 Å². The van der Waals surface area contributed by atoms with Gasteiger partial charge in [-0.15, -0.1) is 0 Å². The van der Waals surface area contributed by atoms with Crippen LogP contribution in [0.15, 0.2) is 30.9 Å².